The molecule has 0 spiro atoms. The van der Waals surface area contributed by atoms with Crippen molar-refractivity contribution in [3.05, 3.63) is 35.7 Å². The number of hydrogen-bond donors (Lipinski definition) is 1. The summed E-state index contributed by atoms with van der Waals surface area (Å²) in [7, 11) is 0. The van der Waals surface area contributed by atoms with Gasteiger partial charge in [0.15, 0.2) is 0 Å². The van der Waals surface area contributed by atoms with Crippen molar-refractivity contribution in [2.45, 2.75) is 39.5 Å². The Kier molecular flexibility index (Phi) is 5.76. The third-order valence-electron chi connectivity index (χ3n) is 2.91. The van der Waals surface area contributed by atoms with Gasteiger partial charge in [0.25, 0.3) is 0 Å². The van der Waals surface area contributed by atoms with E-state index in [2.05, 4.69) is 24.0 Å². The van der Waals surface area contributed by atoms with E-state index < -0.39 is 0 Å². The largest absolute Gasteiger partial charge is 0.399 e. The zero-order chi connectivity index (χ0) is 11.8. The molecule has 0 unspecified atom stereocenters. The van der Waals surface area contributed by atoms with Crippen molar-refractivity contribution < 1.29 is 0 Å². The standard InChI is InChI=1S/C14H24N2/c1-3-8-14(10-9-13(15)4-2)16-11-6-5-7-12-16/h4,8-10H,3,5-7,11-12,15H2,1-2H3/b10-9-,13-4+,14-8-. The Hall–Kier alpha value is -1.18. The van der Waals surface area contributed by atoms with Gasteiger partial charge in [-0.15, -0.1) is 0 Å². The van der Waals surface area contributed by atoms with E-state index in [1.54, 1.807) is 0 Å². The first kappa shape index (κ1) is 12.9. The number of rotatable bonds is 4. The average molecular weight is 220 g/mol. The molecule has 1 heterocycles. The summed E-state index contributed by atoms with van der Waals surface area (Å²) in [4.78, 5) is 2.46. The van der Waals surface area contributed by atoms with Gasteiger partial charge in [-0.1, -0.05) is 19.1 Å². The fourth-order valence-corrected chi connectivity index (χ4v) is 1.94. The van der Waals surface area contributed by atoms with Crippen LogP contribution in [0.25, 0.3) is 0 Å². The summed E-state index contributed by atoms with van der Waals surface area (Å²) >= 11 is 0. The predicted octanol–water partition coefficient (Wildman–Crippen LogP) is 3.18. The lowest BCUT2D eigenvalue weighted by atomic mass is 10.1. The fraction of sp³-hybridized carbons (Fsp3) is 0.571. The van der Waals surface area contributed by atoms with E-state index in [0.717, 1.165) is 12.1 Å². The highest BCUT2D eigenvalue weighted by atomic mass is 15.1. The smallest absolute Gasteiger partial charge is 0.0326 e. The molecule has 0 amide bonds. The Morgan fingerprint density at radius 1 is 1.19 bits per heavy atom. The molecule has 2 heteroatoms. The zero-order valence-corrected chi connectivity index (χ0v) is 10.6. The molecule has 90 valence electrons. The monoisotopic (exact) mass is 220 g/mol. The number of piperidine rings is 1. The molecular weight excluding hydrogens is 196 g/mol. The predicted molar refractivity (Wildman–Crippen MR) is 70.9 cm³/mol. The number of allylic oxidation sites excluding steroid dienone is 4. The van der Waals surface area contributed by atoms with Crippen LogP contribution in [0.3, 0.4) is 0 Å². The van der Waals surface area contributed by atoms with Crippen molar-refractivity contribution >= 4 is 0 Å². The number of likely N-dealkylation sites (tertiary alicyclic amines) is 1. The summed E-state index contributed by atoms with van der Waals surface area (Å²) < 4.78 is 0. The SMILES string of the molecule is C\C=C(N)/C=C\C(=C\CC)N1CCCCC1. The topological polar surface area (TPSA) is 29.3 Å². The molecule has 2 N–H and O–H groups in total. The lowest BCUT2D eigenvalue weighted by Crippen LogP contribution is -2.28. The van der Waals surface area contributed by atoms with Crippen LogP contribution in [0.2, 0.25) is 0 Å². The van der Waals surface area contributed by atoms with E-state index in [1.807, 2.05) is 19.1 Å². The van der Waals surface area contributed by atoms with E-state index >= 15 is 0 Å². The molecule has 1 rings (SSSR count). The molecule has 0 atom stereocenters. The second-order valence-corrected chi connectivity index (χ2v) is 4.21. The van der Waals surface area contributed by atoms with Crippen LogP contribution in [-0.4, -0.2) is 18.0 Å². The molecule has 1 aliphatic heterocycles. The quantitative estimate of drug-likeness (QED) is 0.737. The molecule has 0 aromatic heterocycles. The number of hydrogen-bond acceptors (Lipinski definition) is 2. The summed E-state index contributed by atoms with van der Waals surface area (Å²) in [5, 5.41) is 0. The van der Waals surface area contributed by atoms with Gasteiger partial charge in [-0.05, 0) is 44.8 Å². The highest BCUT2D eigenvalue weighted by Crippen LogP contribution is 2.16. The molecule has 0 radical (unpaired) electrons. The van der Waals surface area contributed by atoms with Gasteiger partial charge in [-0.25, -0.2) is 0 Å². The molecule has 1 fully saturated rings. The first-order chi connectivity index (χ1) is 7.77. The van der Waals surface area contributed by atoms with Crippen molar-refractivity contribution in [1.82, 2.24) is 4.90 Å². The van der Waals surface area contributed by atoms with Gasteiger partial charge in [0, 0.05) is 24.5 Å². The van der Waals surface area contributed by atoms with Crippen LogP contribution < -0.4 is 5.73 Å². The van der Waals surface area contributed by atoms with Crippen LogP contribution in [-0.2, 0) is 0 Å². The highest BCUT2D eigenvalue weighted by molar-refractivity contribution is 5.25. The van der Waals surface area contributed by atoms with E-state index in [9.17, 15) is 0 Å². The molecule has 0 aromatic carbocycles. The summed E-state index contributed by atoms with van der Waals surface area (Å²) in [6, 6.07) is 0. The second kappa shape index (κ2) is 7.15. The van der Waals surface area contributed by atoms with Gasteiger partial charge in [-0.3, -0.25) is 0 Å². The molecule has 1 saturated heterocycles. The van der Waals surface area contributed by atoms with Gasteiger partial charge >= 0.3 is 0 Å². The Morgan fingerprint density at radius 2 is 1.88 bits per heavy atom. The number of nitrogens with two attached hydrogens (primary N) is 1. The highest BCUT2D eigenvalue weighted by Gasteiger charge is 2.10. The fourth-order valence-electron chi connectivity index (χ4n) is 1.94. The maximum Gasteiger partial charge on any atom is 0.0326 e. The Balaban J connectivity index is 2.67. The van der Waals surface area contributed by atoms with Crippen molar-refractivity contribution in [1.29, 1.82) is 0 Å². The van der Waals surface area contributed by atoms with Gasteiger partial charge < -0.3 is 10.6 Å². The van der Waals surface area contributed by atoms with Gasteiger partial charge in [0.05, 0.1) is 0 Å². The zero-order valence-electron chi connectivity index (χ0n) is 10.6. The molecule has 1 aliphatic rings. The van der Waals surface area contributed by atoms with Crippen molar-refractivity contribution in [3.8, 4) is 0 Å². The molecular formula is C14H24N2. The Bertz CT molecular complexity index is 281. The summed E-state index contributed by atoms with van der Waals surface area (Å²) in [5.41, 5.74) is 7.93. The lowest BCUT2D eigenvalue weighted by Gasteiger charge is -2.29. The van der Waals surface area contributed by atoms with Crippen molar-refractivity contribution in [2.24, 2.45) is 5.73 Å². The first-order valence-electron chi connectivity index (χ1n) is 6.33. The first-order valence-corrected chi connectivity index (χ1v) is 6.33. The Labute approximate surface area is 99.5 Å². The van der Waals surface area contributed by atoms with Crippen molar-refractivity contribution in [3.63, 3.8) is 0 Å². The second-order valence-electron chi connectivity index (χ2n) is 4.21. The molecule has 2 nitrogen and oxygen atoms in total. The molecule has 16 heavy (non-hydrogen) atoms. The summed E-state index contributed by atoms with van der Waals surface area (Å²) in [5.74, 6) is 0. The van der Waals surface area contributed by atoms with Crippen LogP contribution in [0, 0.1) is 0 Å². The molecule has 0 saturated carbocycles. The van der Waals surface area contributed by atoms with E-state index in [0.29, 0.717) is 0 Å². The van der Waals surface area contributed by atoms with Crippen LogP contribution in [0.5, 0.6) is 0 Å². The lowest BCUT2D eigenvalue weighted by molar-refractivity contribution is 0.292. The van der Waals surface area contributed by atoms with Crippen LogP contribution >= 0.6 is 0 Å². The van der Waals surface area contributed by atoms with Crippen molar-refractivity contribution in [2.75, 3.05) is 13.1 Å². The maximum absolute atomic E-state index is 5.78. The minimum absolute atomic E-state index is 0.832. The third-order valence-corrected chi connectivity index (χ3v) is 2.91. The third kappa shape index (κ3) is 4.13. The van der Waals surface area contributed by atoms with Gasteiger partial charge in [0.2, 0.25) is 0 Å². The number of nitrogens with zero attached hydrogens (tertiary/aromatic N) is 1. The summed E-state index contributed by atoms with van der Waals surface area (Å²) in [6.45, 7) is 6.51. The van der Waals surface area contributed by atoms with Gasteiger partial charge in [0.1, 0.15) is 0 Å². The molecule has 0 aliphatic carbocycles. The van der Waals surface area contributed by atoms with Crippen LogP contribution in [0.15, 0.2) is 35.7 Å². The Morgan fingerprint density at radius 3 is 2.44 bits per heavy atom. The normalized spacial score (nSPS) is 19.5. The van der Waals surface area contributed by atoms with Gasteiger partial charge in [-0.2, -0.15) is 0 Å². The minimum Gasteiger partial charge on any atom is -0.399 e. The van der Waals surface area contributed by atoms with E-state index in [-0.39, 0.29) is 0 Å². The van der Waals surface area contributed by atoms with Crippen LogP contribution in [0.1, 0.15) is 39.5 Å². The van der Waals surface area contributed by atoms with Crippen LogP contribution in [0.4, 0.5) is 0 Å². The average Bonchev–Trinajstić information content (AvgIpc) is 2.35. The van der Waals surface area contributed by atoms with E-state index in [4.69, 9.17) is 5.73 Å². The maximum atomic E-state index is 5.78. The summed E-state index contributed by atoms with van der Waals surface area (Å²) in [6.07, 6.45) is 13.4. The van der Waals surface area contributed by atoms with E-state index in [1.165, 1.54) is 38.0 Å². The minimum atomic E-state index is 0.832. The molecule has 0 aromatic rings. The molecule has 0 bridgehead atoms.